The minimum atomic E-state index is -0.372. The van der Waals surface area contributed by atoms with Crippen LogP contribution >= 0.6 is 15.9 Å². The van der Waals surface area contributed by atoms with Crippen molar-refractivity contribution in [2.45, 2.75) is 6.42 Å². The Kier molecular flexibility index (Phi) is 3.38. The van der Waals surface area contributed by atoms with Gasteiger partial charge in [0.15, 0.2) is 11.6 Å². The molecule has 0 bridgehead atoms. The van der Waals surface area contributed by atoms with Gasteiger partial charge in [0, 0.05) is 36.7 Å². The van der Waals surface area contributed by atoms with Crippen LogP contribution < -0.4 is 10.2 Å². The third-order valence-corrected chi connectivity index (χ3v) is 2.83. The molecule has 0 unspecified atom stereocenters. The smallest absolute Gasteiger partial charge is 0.221 e. The number of carbonyl (C=O) groups is 1. The Morgan fingerprint density at radius 3 is 3.06 bits per heavy atom. The quantitative estimate of drug-likeness (QED) is 0.847. The number of aromatic nitrogens is 1. The van der Waals surface area contributed by atoms with Gasteiger partial charge in [-0.3, -0.25) is 4.79 Å². The standard InChI is InChI=1S/C10H11BrFN3O/c11-7-5-8(12)10(14-6-7)15-3-1-9(16)13-2-4-15/h5-6H,1-4H2,(H,13,16). The van der Waals surface area contributed by atoms with Gasteiger partial charge in [-0.2, -0.15) is 0 Å². The van der Waals surface area contributed by atoms with Crippen LogP contribution in [0.1, 0.15) is 6.42 Å². The number of hydrogen-bond acceptors (Lipinski definition) is 3. The van der Waals surface area contributed by atoms with Gasteiger partial charge in [0.2, 0.25) is 5.91 Å². The number of hydrogen-bond donors (Lipinski definition) is 1. The van der Waals surface area contributed by atoms with E-state index in [1.54, 1.807) is 11.1 Å². The number of anilines is 1. The number of halogens is 2. The van der Waals surface area contributed by atoms with E-state index in [9.17, 15) is 9.18 Å². The molecule has 6 heteroatoms. The van der Waals surface area contributed by atoms with Crippen molar-refractivity contribution < 1.29 is 9.18 Å². The van der Waals surface area contributed by atoms with Gasteiger partial charge in [0.25, 0.3) is 0 Å². The van der Waals surface area contributed by atoms with Gasteiger partial charge < -0.3 is 10.2 Å². The van der Waals surface area contributed by atoms with E-state index in [2.05, 4.69) is 26.2 Å². The maximum absolute atomic E-state index is 13.6. The predicted molar refractivity (Wildman–Crippen MR) is 61.7 cm³/mol. The van der Waals surface area contributed by atoms with Crippen molar-refractivity contribution in [2.75, 3.05) is 24.5 Å². The van der Waals surface area contributed by atoms with Crippen molar-refractivity contribution in [2.24, 2.45) is 0 Å². The lowest BCUT2D eigenvalue weighted by Gasteiger charge is -2.20. The molecule has 0 aromatic carbocycles. The summed E-state index contributed by atoms with van der Waals surface area (Å²) in [5, 5.41) is 2.73. The first kappa shape index (κ1) is 11.3. The van der Waals surface area contributed by atoms with Crippen molar-refractivity contribution in [1.29, 1.82) is 0 Å². The van der Waals surface area contributed by atoms with E-state index in [4.69, 9.17) is 0 Å². The highest BCUT2D eigenvalue weighted by Gasteiger charge is 2.17. The molecule has 4 nitrogen and oxygen atoms in total. The first-order valence-corrected chi connectivity index (χ1v) is 5.79. The fourth-order valence-corrected chi connectivity index (χ4v) is 1.92. The monoisotopic (exact) mass is 287 g/mol. The summed E-state index contributed by atoms with van der Waals surface area (Å²) in [5.41, 5.74) is 0. The van der Waals surface area contributed by atoms with Crippen LogP contribution in [0.3, 0.4) is 0 Å². The molecular formula is C10H11BrFN3O. The zero-order chi connectivity index (χ0) is 11.5. The van der Waals surface area contributed by atoms with E-state index in [0.29, 0.717) is 36.3 Å². The maximum Gasteiger partial charge on any atom is 0.221 e. The van der Waals surface area contributed by atoms with Crippen LogP contribution in [-0.2, 0) is 4.79 Å². The van der Waals surface area contributed by atoms with Gasteiger partial charge in [-0.15, -0.1) is 0 Å². The third-order valence-electron chi connectivity index (χ3n) is 2.40. The Hall–Kier alpha value is -1.17. The first-order valence-electron chi connectivity index (χ1n) is 4.99. The van der Waals surface area contributed by atoms with Crippen molar-refractivity contribution in [3.8, 4) is 0 Å². The third kappa shape index (κ3) is 2.49. The Bertz CT molecular complexity index is 413. The van der Waals surface area contributed by atoms with Crippen LogP contribution in [0, 0.1) is 5.82 Å². The number of nitrogens with zero attached hydrogens (tertiary/aromatic N) is 2. The Labute approximate surface area is 101 Å². The van der Waals surface area contributed by atoms with Crippen molar-refractivity contribution >= 4 is 27.7 Å². The number of rotatable bonds is 1. The second kappa shape index (κ2) is 4.78. The Morgan fingerprint density at radius 1 is 1.50 bits per heavy atom. The van der Waals surface area contributed by atoms with E-state index < -0.39 is 0 Å². The summed E-state index contributed by atoms with van der Waals surface area (Å²) >= 11 is 3.16. The van der Waals surface area contributed by atoms with Gasteiger partial charge in [0.1, 0.15) is 0 Å². The zero-order valence-corrected chi connectivity index (χ0v) is 10.1. The molecule has 1 aliphatic heterocycles. The average Bonchev–Trinajstić information content (AvgIpc) is 2.43. The highest BCUT2D eigenvalue weighted by Crippen LogP contribution is 2.20. The van der Waals surface area contributed by atoms with E-state index in [1.807, 2.05) is 0 Å². The SMILES string of the molecule is O=C1CCN(c2ncc(Br)cc2F)CCN1. The summed E-state index contributed by atoms with van der Waals surface area (Å²) in [6.07, 6.45) is 1.93. The molecule has 86 valence electrons. The minimum absolute atomic E-state index is 0.0000184. The minimum Gasteiger partial charge on any atom is -0.354 e. The fraction of sp³-hybridized carbons (Fsp3) is 0.400. The van der Waals surface area contributed by atoms with Crippen LogP contribution in [0.4, 0.5) is 10.2 Å². The molecule has 1 aromatic rings. The summed E-state index contributed by atoms with van der Waals surface area (Å²) in [5.74, 6) is -0.0663. The molecule has 1 amide bonds. The van der Waals surface area contributed by atoms with E-state index in [1.165, 1.54) is 6.07 Å². The second-order valence-electron chi connectivity index (χ2n) is 3.55. The lowest BCUT2D eigenvalue weighted by atomic mass is 10.3. The van der Waals surface area contributed by atoms with Crippen LogP contribution in [0.2, 0.25) is 0 Å². The summed E-state index contributed by atoms with van der Waals surface area (Å²) in [4.78, 5) is 17.0. The molecule has 1 aliphatic rings. The van der Waals surface area contributed by atoms with Gasteiger partial charge >= 0.3 is 0 Å². The second-order valence-corrected chi connectivity index (χ2v) is 4.46. The molecule has 16 heavy (non-hydrogen) atoms. The number of nitrogens with one attached hydrogen (secondary N) is 1. The summed E-state index contributed by atoms with van der Waals surface area (Å²) < 4.78 is 14.2. The molecule has 2 heterocycles. The summed E-state index contributed by atoms with van der Waals surface area (Å²) in [7, 11) is 0. The molecule has 1 fully saturated rings. The first-order chi connectivity index (χ1) is 7.66. The van der Waals surface area contributed by atoms with Crippen LogP contribution in [-0.4, -0.2) is 30.5 Å². The van der Waals surface area contributed by atoms with E-state index in [-0.39, 0.29) is 11.7 Å². The molecule has 0 atom stereocenters. The molecule has 1 N–H and O–H groups in total. The molecule has 1 saturated heterocycles. The van der Waals surface area contributed by atoms with Gasteiger partial charge in [0.05, 0.1) is 0 Å². The Morgan fingerprint density at radius 2 is 2.31 bits per heavy atom. The molecule has 1 aromatic heterocycles. The van der Waals surface area contributed by atoms with Crippen molar-refractivity contribution in [1.82, 2.24) is 10.3 Å². The molecule has 2 rings (SSSR count). The fourth-order valence-electron chi connectivity index (χ4n) is 1.62. The summed E-state index contributed by atoms with van der Waals surface area (Å²) in [6, 6.07) is 1.38. The highest BCUT2D eigenvalue weighted by molar-refractivity contribution is 9.10. The number of pyridine rings is 1. The highest BCUT2D eigenvalue weighted by atomic mass is 79.9. The summed E-state index contributed by atoms with van der Waals surface area (Å²) in [6.45, 7) is 1.60. The Balaban J connectivity index is 2.19. The molecule has 0 saturated carbocycles. The van der Waals surface area contributed by atoms with E-state index >= 15 is 0 Å². The van der Waals surface area contributed by atoms with Gasteiger partial charge in [-0.05, 0) is 22.0 Å². The van der Waals surface area contributed by atoms with Gasteiger partial charge in [-0.25, -0.2) is 9.37 Å². The van der Waals surface area contributed by atoms with E-state index in [0.717, 1.165) is 0 Å². The maximum atomic E-state index is 13.6. The van der Waals surface area contributed by atoms with Crippen molar-refractivity contribution in [3.05, 3.63) is 22.6 Å². The lowest BCUT2D eigenvalue weighted by molar-refractivity contribution is -0.120. The lowest BCUT2D eigenvalue weighted by Crippen LogP contribution is -2.29. The topological polar surface area (TPSA) is 45.2 Å². The molecular weight excluding hydrogens is 277 g/mol. The van der Waals surface area contributed by atoms with Crippen LogP contribution in [0.15, 0.2) is 16.7 Å². The molecule has 0 radical (unpaired) electrons. The van der Waals surface area contributed by atoms with Gasteiger partial charge in [-0.1, -0.05) is 0 Å². The zero-order valence-electron chi connectivity index (χ0n) is 8.54. The van der Waals surface area contributed by atoms with Crippen LogP contribution in [0.25, 0.3) is 0 Å². The normalized spacial score (nSPS) is 16.9. The molecule has 0 spiro atoms. The average molecular weight is 288 g/mol. The number of amides is 1. The predicted octanol–water partition coefficient (Wildman–Crippen LogP) is 1.31. The molecule has 0 aliphatic carbocycles. The van der Waals surface area contributed by atoms with Crippen LogP contribution in [0.5, 0.6) is 0 Å². The largest absolute Gasteiger partial charge is 0.354 e. The van der Waals surface area contributed by atoms with Crippen molar-refractivity contribution in [3.63, 3.8) is 0 Å². The number of carbonyl (C=O) groups excluding carboxylic acids is 1.